The minimum Gasteiger partial charge on any atom is -0.277 e. The summed E-state index contributed by atoms with van der Waals surface area (Å²) in [4.78, 5) is 14.7. The van der Waals surface area contributed by atoms with E-state index in [9.17, 15) is 13.2 Å². The Kier molecular flexibility index (Phi) is 5.15. The molecule has 112 valence electrons. The molecule has 0 spiro atoms. The van der Waals surface area contributed by atoms with Crippen LogP contribution >= 0.6 is 27.3 Å². The highest BCUT2D eigenvalue weighted by Gasteiger charge is 2.16. The molecule has 1 aromatic heterocycles. The zero-order valence-corrected chi connectivity index (χ0v) is 14.3. The van der Waals surface area contributed by atoms with Crippen LogP contribution in [-0.4, -0.2) is 14.3 Å². The van der Waals surface area contributed by atoms with Gasteiger partial charge in [0.05, 0.1) is 11.3 Å². The molecule has 5 nitrogen and oxygen atoms in total. The molecule has 0 atom stereocenters. The number of nitrogens with one attached hydrogen (secondary N) is 2. The highest BCUT2D eigenvalue weighted by atomic mass is 79.9. The number of rotatable bonds is 5. The van der Waals surface area contributed by atoms with E-state index in [1.54, 1.807) is 13.0 Å². The number of benzene rings is 1. The average Bonchev–Trinajstić information content (AvgIpc) is 2.92. The summed E-state index contributed by atoms with van der Waals surface area (Å²) >= 11 is 4.75. The van der Waals surface area contributed by atoms with Gasteiger partial charge in [-0.05, 0) is 42.1 Å². The Hall–Kier alpha value is -1.22. The van der Waals surface area contributed by atoms with Gasteiger partial charge >= 0.3 is 0 Å². The molecule has 0 fully saturated rings. The molecule has 0 aliphatic carbocycles. The number of sulfonamides is 1. The predicted octanol–water partition coefficient (Wildman–Crippen LogP) is 2.37. The lowest BCUT2D eigenvalue weighted by molar-refractivity contribution is -0.120. The maximum atomic E-state index is 12.1. The van der Waals surface area contributed by atoms with Gasteiger partial charge in [0, 0.05) is 9.35 Å². The third-order valence-electron chi connectivity index (χ3n) is 2.68. The van der Waals surface area contributed by atoms with Crippen LogP contribution < -0.4 is 10.3 Å². The second kappa shape index (κ2) is 6.69. The van der Waals surface area contributed by atoms with Crippen LogP contribution in [-0.2, 0) is 21.2 Å². The van der Waals surface area contributed by atoms with E-state index >= 15 is 0 Å². The van der Waals surface area contributed by atoms with Crippen LogP contribution in [0, 0.1) is 6.92 Å². The third kappa shape index (κ3) is 4.37. The lowest BCUT2D eigenvalue weighted by Crippen LogP contribution is -2.42. The SMILES string of the molecule is Cc1cc(S(=O)(=O)NNC(=O)Cc2cccs2)ccc1Br. The summed E-state index contributed by atoms with van der Waals surface area (Å²) in [6.45, 7) is 1.79. The van der Waals surface area contributed by atoms with Crippen molar-refractivity contribution in [1.29, 1.82) is 0 Å². The fourth-order valence-corrected chi connectivity index (χ4v) is 3.48. The minimum absolute atomic E-state index is 0.0969. The molecule has 0 saturated carbocycles. The molecule has 2 N–H and O–H groups in total. The quantitative estimate of drug-likeness (QED) is 0.771. The van der Waals surface area contributed by atoms with E-state index in [4.69, 9.17) is 0 Å². The second-order valence-electron chi connectivity index (χ2n) is 4.32. The van der Waals surface area contributed by atoms with Crippen LogP contribution in [0.15, 0.2) is 45.1 Å². The highest BCUT2D eigenvalue weighted by Crippen LogP contribution is 2.19. The van der Waals surface area contributed by atoms with Gasteiger partial charge in [-0.25, -0.2) is 8.42 Å². The number of hydrogen-bond acceptors (Lipinski definition) is 4. The Morgan fingerprint density at radius 2 is 2.10 bits per heavy atom. The van der Waals surface area contributed by atoms with Gasteiger partial charge in [-0.15, -0.1) is 16.2 Å². The fourth-order valence-electron chi connectivity index (χ4n) is 1.58. The summed E-state index contributed by atoms with van der Waals surface area (Å²) in [5, 5.41) is 1.86. The van der Waals surface area contributed by atoms with Gasteiger partial charge in [-0.3, -0.25) is 10.2 Å². The molecule has 0 aliphatic heterocycles. The van der Waals surface area contributed by atoms with Crippen molar-refractivity contribution in [2.24, 2.45) is 0 Å². The summed E-state index contributed by atoms with van der Waals surface area (Å²) in [5.74, 6) is -0.408. The van der Waals surface area contributed by atoms with Gasteiger partial charge in [0.1, 0.15) is 0 Å². The molecule has 0 radical (unpaired) electrons. The first kappa shape index (κ1) is 16.2. The zero-order valence-electron chi connectivity index (χ0n) is 11.1. The van der Waals surface area contributed by atoms with Crippen LogP contribution in [0.4, 0.5) is 0 Å². The van der Waals surface area contributed by atoms with Gasteiger partial charge in [-0.1, -0.05) is 22.0 Å². The molecule has 1 aromatic carbocycles. The smallest absolute Gasteiger partial charge is 0.257 e. The molecule has 1 amide bonds. The maximum Gasteiger partial charge on any atom is 0.257 e. The van der Waals surface area contributed by atoms with E-state index in [1.807, 2.05) is 17.5 Å². The van der Waals surface area contributed by atoms with Crippen LogP contribution in [0.3, 0.4) is 0 Å². The van der Waals surface area contributed by atoms with Crippen LogP contribution in [0.1, 0.15) is 10.4 Å². The number of halogens is 1. The number of thiophene rings is 1. The topological polar surface area (TPSA) is 75.3 Å². The molecule has 0 bridgehead atoms. The highest BCUT2D eigenvalue weighted by molar-refractivity contribution is 9.10. The molecule has 0 unspecified atom stereocenters. The molecule has 1 heterocycles. The van der Waals surface area contributed by atoms with Crippen LogP contribution in [0.2, 0.25) is 0 Å². The van der Waals surface area contributed by atoms with E-state index in [0.29, 0.717) is 0 Å². The van der Waals surface area contributed by atoms with E-state index in [-0.39, 0.29) is 11.3 Å². The van der Waals surface area contributed by atoms with Crippen molar-refractivity contribution in [3.05, 3.63) is 50.6 Å². The maximum absolute atomic E-state index is 12.1. The number of carbonyl (C=O) groups excluding carboxylic acids is 1. The van der Waals surface area contributed by atoms with Gasteiger partial charge in [0.25, 0.3) is 10.0 Å². The fraction of sp³-hybridized carbons (Fsp3) is 0.154. The van der Waals surface area contributed by atoms with Crippen molar-refractivity contribution in [2.45, 2.75) is 18.2 Å². The van der Waals surface area contributed by atoms with Crippen LogP contribution in [0.5, 0.6) is 0 Å². The van der Waals surface area contributed by atoms with Crippen molar-refractivity contribution < 1.29 is 13.2 Å². The van der Waals surface area contributed by atoms with Gasteiger partial charge in [-0.2, -0.15) is 0 Å². The van der Waals surface area contributed by atoms with E-state index < -0.39 is 15.9 Å². The first-order valence-corrected chi connectivity index (χ1v) is 9.13. The molecule has 2 aromatic rings. The molecule has 21 heavy (non-hydrogen) atoms. The van der Waals surface area contributed by atoms with Gasteiger partial charge in [0.15, 0.2) is 0 Å². The number of carbonyl (C=O) groups is 1. The van der Waals surface area contributed by atoms with Crippen molar-refractivity contribution in [2.75, 3.05) is 0 Å². The molecule has 0 aliphatic rings. The summed E-state index contributed by atoms with van der Waals surface area (Å²) in [5.41, 5.74) is 3.01. The Morgan fingerprint density at radius 1 is 1.33 bits per heavy atom. The Labute approximate surface area is 135 Å². The molecule has 8 heteroatoms. The number of hydrogen-bond donors (Lipinski definition) is 2. The monoisotopic (exact) mass is 388 g/mol. The normalized spacial score (nSPS) is 11.3. The minimum atomic E-state index is -3.77. The molecule has 2 rings (SSSR count). The van der Waals surface area contributed by atoms with E-state index in [0.717, 1.165) is 14.9 Å². The largest absolute Gasteiger partial charge is 0.277 e. The lowest BCUT2D eigenvalue weighted by Gasteiger charge is -2.09. The number of hydrazine groups is 1. The average molecular weight is 389 g/mol. The second-order valence-corrected chi connectivity index (χ2v) is 7.89. The van der Waals surface area contributed by atoms with Crippen molar-refractivity contribution in [3.63, 3.8) is 0 Å². The standard InChI is InChI=1S/C13H13BrN2O3S2/c1-9-7-11(4-5-12(9)14)21(18,19)16-15-13(17)8-10-3-2-6-20-10/h2-7,16H,8H2,1H3,(H,15,17). The van der Waals surface area contributed by atoms with Crippen molar-refractivity contribution in [1.82, 2.24) is 10.3 Å². The lowest BCUT2D eigenvalue weighted by atomic mass is 10.2. The predicted molar refractivity (Wildman–Crippen MR) is 85.4 cm³/mol. The molecular weight excluding hydrogens is 376 g/mol. The first-order chi connectivity index (χ1) is 9.88. The third-order valence-corrected chi connectivity index (χ3v) is 5.69. The van der Waals surface area contributed by atoms with Crippen molar-refractivity contribution in [3.8, 4) is 0 Å². The van der Waals surface area contributed by atoms with Gasteiger partial charge < -0.3 is 0 Å². The van der Waals surface area contributed by atoms with Crippen molar-refractivity contribution >= 4 is 43.2 Å². The zero-order chi connectivity index (χ0) is 15.5. The number of amides is 1. The molecular formula is C13H13BrN2O3S2. The van der Waals surface area contributed by atoms with Crippen LogP contribution in [0.25, 0.3) is 0 Å². The molecule has 0 saturated heterocycles. The summed E-state index contributed by atoms with van der Waals surface area (Å²) in [6.07, 6.45) is 0.138. The summed E-state index contributed by atoms with van der Waals surface area (Å²) in [6, 6.07) is 8.29. The van der Waals surface area contributed by atoms with E-state index in [2.05, 4.69) is 26.2 Å². The van der Waals surface area contributed by atoms with Gasteiger partial charge in [0.2, 0.25) is 5.91 Å². The van der Waals surface area contributed by atoms with E-state index in [1.165, 1.54) is 23.5 Å². The Balaban J connectivity index is 2.00. The Bertz CT molecular complexity index is 743. The Morgan fingerprint density at radius 3 is 2.71 bits per heavy atom. The number of aryl methyl sites for hydroxylation is 1. The summed E-state index contributed by atoms with van der Waals surface area (Å²) in [7, 11) is -3.77. The first-order valence-electron chi connectivity index (χ1n) is 5.97. The summed E-state index contributed by atoms with van der Waals surface area (Å²) < 4.78 is 25.0.